The first kappa shape index (κ1) is 16.3. The lowest BCUT2D eigenvalue weighted by Gasteiger charge is -2.33. The second kappa shape index (κ2) is 6.91. The molecule has 2 heterocycles. The lowest BCUT2D eigenvalue weighted by atomic mass is 10.0. The third-order valence-corrected chi connectivity index (χ3v) is 4.69. The molecular weight excluding hydrogens is 302 g/mol. The molecule has 1 saturated heterocycles. The van der Waals surface area contributed by atoms with Gasteiger partial charge in [-0.05, 0) is 38.0 Å². The molecule has 1 aliphatic rings. The highest BCUT2D eigenvalue weighted by Crippen LogP contribution is 2.15. The molecule has 0 bridgehead atoms. The molecule has 1 aromatic heterocycles. The predicted octanol–water partition coefficient (Wildman–Crippen LogP) is 2.37. The number of aryl methyl sites for hydroxylation is 1. The standard InChI is InChI=1S/C19H23N3O2/c1-14-17(10-12-21(14)2)18(23)20-16-9-6-11-22(13-16)19(24)15-7-4-3-5-8-15/h3-5,7-8,10,12,16H,6,9,11,13H2,1-2H3,(H,20,23)/t16-/m0/s1. The molecule has 1 aromatic carbocycles. The number of nitrogens with zero attached hydrogens (tertiary/aromatic N) is 2. The van der Waals surface area contributed by atoms with Crippen LogP contribution in [0, 0.1) is 6.92 Å². The summed E-state index contributed by atoms with van der Waals surface area (Å²) in [7, 11) is 1.92. The summed E-state index contributed by atoms with van der Waals surface area (Å²) in [6, 6.07) is 11.1. The summed E-state index contributed by atoms with van der Waals surface area (Å²) in [4.78, 5) is 26.9. The Kier molecular flexibility index (Phi) is 4.69. The van der Waals surface area contributed by atoms with Crippen molar-refractivity contribution >= 4 is 11.8 Å². The van der Waals surface area contributed by atoms with Crippen LogP contribution in [0.4, 0.5) is 0 Å². The van der Waals surface area contributed by atoms with E-state index in [1.807, 2.05) is 66.0 Å². The molecule has 3 rings (SSSR count). The van der Waals surface area contributed by atoms with Crippen LogP contribution in [0.25, 0.3) is 0 Å². The van der Waals surface area contributed by atoms with Crippen molar-refractivity contribution < 1.29 is 9.59 Å². The Morgan fingerprint density at radius 1 is 1.17 bits per heavy atom. The van der Waals surface area contributed by atoms with E-state index in [9.17, 15) is 9.59 Å². The minimum atomic E-state index is -0.0629. The van der Waals surface area contributed by atoms with Crippen molar-refractivity contribution in [1.82, 2.24) is 14.8 Å². The van der Waals surface area contributed by atoms with Crippen molar-refractivity contribution in [2.45, 2.75) is 25.8 Å². The predicted molar refractivity (Wildman–Crippen MR) is 93.0 cm³/mol. The monoisotopic (exact) mass is 325 g/mol. The van der Waals surface area contributed by atoms with E-state index >= 15 is 0 Å². The number of hydrogen-bond acceptors (Lipinski definition) is 2. The van der Waals surface area contributed by atoms with Crippen LogP contribution in [-0.2, 0) is 7.05 Å². The van der Waals surface area contributed by atoms with E-state index in [1.54, 1.807) is 0 Å². The molecule has 0 saturated carbocycles. The summed E-state index contributed by atoms with van der Waals surface area (Å²) in [5.41, 5.74) is 2.34. The molecule has 0 unspecified atom stereocenters. The molecule has 1 atom stereocenters. The molecule has 5 nitrogen and oxygen atoms in total. The Morgan fingerprint density at radius 2 is 1.92 bits per heavy atom. The molecule has 1 fully saturated rings. The van der Waals surface area contributed by atoms with E-state index in [0.717, 1.165) is 25.1 Å². The summed E-state index contributed by atoms with van der Waals surface area (Å²) in [6.07, 6.45) is 3.68. The van der Waals surface area contributed by atoms with Crippen LogP contribution in [0.1, 0.15) is 39.3 Å². The van der Waals surface area contributed by atoms with Gasteiger partial charge in [-0.15, -0.1) is 0 Å². The number of piperidine rings is 1. The van der Waals surface area contributed by atoms with E-state index < -0.39 is 0 Å². The van der Waals surface area contributed by atoms with Gasteiger partial charge in [0, 0.05) is 43.6 Å². The molecule has 24 heavy (non-hydrogen) atoms. The zero-order valence-corrected chi connectivity index (χ0v) is 14.2. The summed E-state index contributed by atoms with van der Waals surface area (Å²) in [5, 5.41) is 3.08. The van der Waals surface area contributed by atoms with Gasteiger partial charge in [0.25, 0.3) is 11.8 Å². The highest BCUT2D eigenvalue weighted by Gasteiger charge is 2.26. The zero-order chi connectivity index (χ0) is 17.1. The summed E-state index contributed by atoms with van der Waals surface area (Å²) >= 11 is 0. The zero-order valence-electron chi connectivity index (χ0n) is 14.2. The number of nitrogens with one attached hydrogen (secondary N) is 1. The number of likely N-dealkylation sites (tertiary alicyclic amines) is 1. The maximum absolute atomic E-state index is 12.6. The fourth-order valence-electron chi connectivity index (χ4n) is 3.15. The average Bonchev–Trinajstić information content (AvgIpc) is 2.94. The number of benzene rings is 1. The highest BCUT2D eigenvalue weighted by molar-refractivity contribution is 5.96. The maximum Gasteiger partial charge on any atom is 0.253 e. The Labute approximate surface area is 142 Å². The third-order valence-electron chi connectivity index (χ3n) is 4.69. The molecule has 0 spiro atoms. The maximum atomic E-state index is 12.6. The first-order valence-electron chi connectivity index (χ1n) is 8.33. The second-order valence-corrected chi connectivity index (χ2v) is 6.36. The van der Waals surface area contributed by atoms with Crippen molar-refractivity contribution in [3.63, 3.8) is 0 Å². The molecule has 2 aromatic rings. The Balaban J connectivity index is 1.64. The van der Waals surface area contributed by atoms with E-state index in [0.29, 0.717) is 17.7 Å². The van der Waals surface area contributed by atoms with Gasteiger partial charge < -0.3 is 14.8 Å². The lowest BCUT2D eigenvalue weighted by molar-refractivity contribution is 0.0676. The summed E-state index contributed by atoms with van der Waals surface area (Å²) < 4.78 is 1.93. The molecule has 126 valence electrons. The minimum Gasteiger partial charge on any atom is -0.354 e. The Hall–Kier alpha value is -2.56. The average molecular weight is 325 g/mol. The van der Waals surface area contributed by atoms with Crippen molar-refractivity contribution in [1.29, 1.82) is 0 Å². The quantitative estimate of drug-likeness (QED) is 0.942. The van der Waals surface area contributed by atoms with Crippen LogP contribution in [-0.4, -0.2) is 40.4 Å². The van der Waals surface area contributed by atoms with Crippen LogP contribution in [0.3, 0.4) is 0 Å². The fraction of sp³-hybridized carbons (Fsp3) is 0.368. The summed E-state index contributed by atoms with van der Waals surface area (Å²) in [5.74, 6) is -0.0300. The number of rotatable bonds is 3. The number of carbonyl (C=O) groups excluding carboxylic acids is 2. The molecule has 1 N–H and O–H groups in total. The Bertz CT molecular complexity index is 736. The highest BCUT2D eigenvalue weighted by atomic mass is 16.2. The largest absolute Gasteiger partial charge is 0.354 e. The van der Waals surface area contributed by atoms with Crippen LogP contribution in [0.5, 0.6) is 0 Å². The topological polar surface area (TPSA) is 54.3 Å². The smallest absolute Gasteiger partial charge is 0.253 e. The Morgan fingerprint density at radius 3 is 2.58 bits per heavy atom. The van der Waals surface area contributed by atoms with Gasteiger partial charge in [-0.3, -0.25) is 9.59 Å². The normalized spacial score (nSPS) is 17.6. The van der Waals surface area contributed by atoms with E-state index in [-0.39, 0.29) is 17.9 Å². The third kappa shape index (κ3) is 3.35. The van der Waals surface area contributed by atoms with Gasteiger partial charge in [-0.1, -0.05) is 18.2 Å². The van der Waals surface area contributed by atoms with Gasteiger partial charge in [-0.2, -0.15) is 0 Å². The second-order valence-electron chi connectivity index (χ2n) is 6.36. The van der Waals surface area contributed by atoms with Crippen molar-refractivity contribution in [2.24, 2.45) is 7.05 Å². The number of amides is 2. The van der Waals surface area contributed by atoms with E-state index in [4.69, 9.17) is 0 Å². The number of hydrogen-bond donors (Lipinski definition) is 1. The van der Waals surface area contributed by atoms with E-state index in [2.05, 4.69) is 5.32 Å². The minimum absolute atomic E-state index is 0.00137. The van der Waals surface area contributed by atoms with Crippen molar-refractivity contribution in [2.75, 3.05) is 13.1 Å². The van der Waals surface area contributed by atoms with Gasteiger partial charge >= 0.3 is 0 Å². The first-order valence-corrected chi connectivity index (χ1v) is 8.33. The van der Waals surface area contributed by atoms with Crippen LogP contribution in [0.15, 0.2) is 42.6 Å². The molecule has 1 aliphatic heterocycles. The van der Waals surface area contributed by atoms with E-state index in [1.165, 1.54) is 0 Å². The van der Waals surface area contributed by atoms with Gasteiger partial charge in [0.05, 0.1) is 5.56 Å². The number of aromatic nitrogens is 1. The van der Waals surface area contributed by atoms with Gasteiger partial charge in [-0.25, -0.2) is 0 Å². The van der Waals surface area contributed by atoms with Crippen molar-refractivity contribution in [3.8, 4) is 0 Å². The van der Waals surface area contributed by atoms with Crippen LogP contribution in [0.2, 0.25) is 0 Å². The lowest BCUT2D eigenvalue weighted by Crippen LogP contribution is -2.49. The van der Waals surface area contributed by atoms with Gasteiger partial charge in [0.15, 0.2) is 0 Å². The van der Waals surface area contributed by atoms with Crippen molar-refractivity contribution in [3.05, 3.63) is 59.4 Å². The first-order chi connectivity index (χ1) is 11.6. The summed E-state index contributed by atoms with van der Waals surface area (Å²) in [6.45, 7) is 3.23. The molecule has 0 radical (unpaired) electrons. The fourth-order valence-corrected chi connectivity index (χ4v) is 3.15. The molecule has 5 heteroatoms. The molecule has 0 aliphatic carbocycles. The number of carbonyl (C=O) groups is 2. The molecular formula is C19H23N3O2. The SMILES string of the molecule is Cc1c(C(=O)N[C@H]2CCCN(C(=O)c3ccccc3)C2)ccn1C. The van der Waals surface area contributed by atoms with Crippen LogP contribution < -0.4 is 5.32 Å². The molecule has 2 amide bonds. The van der Waals surface area contributed by atoms with Crippen LogP contribution >= 0.6 is 0 Å². The van der Waals surface area contributed by atoms with Gasteiger partial charge in [0.1, 0.15) is 0 Å². The van der Waals surface area contributed by atoms with Gasteiger partial charge in [0.2, 0.25) is 0 Å².